The molecule has 1 aromatic carbocycles. The summed E-state index contributed by atoms with van der Waals surface area (Å²) in [5, 5.41) is 3.16. The van der Waals surface area contributed by atoms with Gasteiger partial charge < -0.3 is 11.1 Å². The van der Waals surface area contributed by atoms with Gasteiger partial charge >= 0.3 is 0 Å². The summed E-state index contributed by atoms with van der Waals surface area (Å²) in [5.41, 5.74) is 6.11. The van der Waals surface area contributed by atoms with E-state index in [1.165, 1.54) is 17.4 Å². The number of benzene rings is 1. The number of nitrogens with two attached hydrogens (primary N) is 1. The Hall–Kier alpha value is -1.27. The smallest absolute Gasteiger partial charge is 0.263 e. The highest BCUT2D eigenvalue weighted by atomic mass is 32.2. The van der Waals surface area contributed by atoms with Crippen LogP contribution in [-0.4, -0.2) is 24.5 Å². The zero-order chi connectivity index (χ0) is 13.8. The highest BCUT2D eigenvalue weighted by Gasteiger charge is 2.18. The summed E-state index contributed by atoms with van der Waals surface area (Å²) in [6.07, 6.45) is 2.93. The highest BCUT2D eigenvalue weighted by Crippen LogP contribution is 2.35. The van der Waals surface area contributed by atoms with Crippen LogP contribution < -0.4 is 11.1 Å². The maximum absolute atomic E-state index is 13.7. The van der Waals surface area contributed by atoms with E-state index in [0.717, 1.165) is 12.2 Å². The molecule has 0 spiro atoms. The molecule has 2 aromatic rings. The van der Waals surface area contributed by atoms with E-state index in [9.17, 15) is 9.18 Å². The molecule has 6 heteroatoms. The van der Waals surface area contributed by atoms with Crippen LogP contribution in [0, 0.1) is 5.82 Å². The number of amides is 1. The molecule has 0 bridgehead atoms. The number of thioether (sulfide) groups is 1. The molecule has 3 N–H and O–H groups in total. The fraction of sp³-hybridized carbons (Fsp3) is 0.308. The first-order chi connectivity index (χ1) is 9.15. The number of carbonyl (C=O) groups excluding carboxylic acids is 1. The molecule has 0 radical (unpaired) electrons. The maximum Gasteiger partial charge on any atom is 0.263 e. The van der Waals surface area contributed by atoms with Crippen molar-refractivity contribution in [2.75, 3.05) is 24.3 Å². The lowest BCUT2D eigenvalue weighted by atomic mass is 10.2. The minimum Gasteiger partial charge on any atom is -0.397 e. The fourth-order valence-corrected chi connectivity index (χ4v) is 3.28. The third kappa shape index (κ3) is 3.01. The van der Waals surface area contributed by atoms with Crippen molar-refractivity contribution in [2.24, 2.45) is 0 Å². The standard InChI is InChI=1S/C13H15FN2OS2/c1-18-7-3-6-16-13(17)12-11(15)10-8(14)4-2-5-9(10)19-12/h2,4-5H,3,6-7,15H2,1H3,(H,16,17). The molecule has 19 heavy (non-hydrogen) atoms. The zero-order valence-corrected chi connectivity index (χ0v) is 12.2. The van der Waals surface area contributed by atoms with Crippen molar-refractivity contribution in [2.45, 2.75) is 6.42 Å². The number of thiophene rings is 1. The average molecular weight is 298 g/mol. The van der Waals surface area contributed by atoms with E-state index in [1.807, 2.05) is 6.26 Å². The van der Waals surface area contributed by atoms with Crippen LogP contribution in [0.4, 0.5) is 10.1 Å². The number of anilines is 1. The van der Waals surface area contributed by atoms with Crippen LogP contribution in [0.1, 0.15) is 16.1 Å². The Morgan fingerprint density at radius 1 is 1.53 bits per heavy atom. The highest BCUT2D eigenvalue weighted by molar-refractivity contribution is 7.98. The molecule has 0 aliphatic heterocycles. The van der Waals surface area contributed by atoms with Gasteiger partial charge in [-0.2, -0.15) is 11.8 Å². The number of fused-ring (bicyclic) bond motifs is 1. The summed E-state index contributed by atoms with van der Waals surface area (Å²) < 4.78 is 14.4. The van der Waals surface area contributed by atoms with Crippen molar-refractivity contribution in [3.63, 3.8) is 0 Å². The average Bonchev–Trinajstić information content (AvgIpc) is 2.73. The second-order valence-electron chi connectivity index (χ2n) is 4.06. The third-order valence-electron chi connectivity index (χ3n) is 2.72. The van der Waals surface area contributed by atoms with Crippen molar-refractivity contribution >= 4 is 44.8 Å². The summed E-state index contributed by atoms with van der Waals surface area (Å²) >= 11 is 2.96. The number of hydrogen-bond donors (Lipinski definition) is 2. The molecule has 2 rings (SSSR count). The number of hydrogen-bond acceptors (Lipinski definition) is 4. The van der Waals surface area contributed by atoms with E-state index in [0.29, 0.717) is 21.5 Å². The molecule has 102 valence electrons. The minimum absolute atomic E-state index is 0.223. The molecule has 0 aliphatic carbocycles. The van der Waals surface area contributed by atoms with Gasteiger partial charge in [-0.15, -0.1) is 11.3 Å². The van der Waals surface area contributed by atoms with Crippen LogP contribution >= 0.6 is 23.1 Å². The van der Waals surface area contributed by atoms with Gasteiger partial charge in [0.05, 0.1) is 11.1 Å². The van der Waals surface area contributed by atoms with Crippen LogP contribution in [0.5, 0.6) is 0 Å². The Bertz CT molecular complexity index is 598. The summed E-state index contributed by atoms with van der Waals surface area (Å²) in [5.74, 6) is 0.392. The Kier molecular flexibility index (Phi) is 4.66. The number of nitrogen functional groups attached to an aromatic ring is 1. The number of carbonyl (C=O) groups is 1. The summed E-state index contributed by atoms with van der Waals surface area (Å²) in [4.78, 5) is 12.4. The molecular formula is C13H15FN2OS2. The molecule has 0 fully saturated rings. The SMILES string of the molecule is CSCCCNC(=O)c1sc2cccc(F)c2c1N. The van der Waals surface area contributed by atoms with Crippen molar-refractivity contribution < 1.29 is 9.18 Å². The number of nitrogens with one attached hydrogen (secondary N) is 1. The molecule has 0 saturated carbocycles. The van der Waals surface area contributed by atoms with Crippen molar-refractivity contribution in [3.8, 4) is 0 Å². The molecular weight excluding hydrogens is 283 g/mol. The Balaban J connectivity index is 2.18. The predicted octanol–water partition coefficient (Wildman–Crippen LogP) is 3.11. The normalized spacial score (nSPS) is 10.8. The maximum atomic E-state index is 13.7. The monoisotopic (exact) mass is 298 g/mol. The lowest BCUT2D eigenvalue weighted by molar-refractivity contribution is 0.0958. The van der Waals surface area contributed by atoms with Crippen LogP contribution in [0.3, 0.4) is 0 Å². The molecule has 0 aliphatic rings. The molecule has 0 unspecified atom stereocenters. The van der Waals surface area contributed by atoms with Gasteiger partial charge in [0.25, 0.3) is 5.91 Å². The van der Waals surface area contributed by atoms with Crippen molar-refractivity contribution in [3.05, 3.63) is 28.9 Å². The van der Waals surface area contributed by atoms with Crippen LogP contribution in [-0.2, 0) is 0 Å². The minimum atomic E-state index is -0.382. The van der Waals surface area contributed by atoms with E-state index in [4.69, 9.17) is 5.73 Å². The number of halogens is 1. The summed E-state index contributed by atoms with van der Waals surface area (Å²) in [6.45, 7) is 0.607. The van der Waals surface area contributed by atoms with Crippen LogP contribution in [0.2, 0.25) is 0 Å². The second-order valence-corrected chi connectivity index (χ2v) is 6.10. The van der Waals surface area contributed by atoms with Gasteiger partial charge in [-0.05, 0) is 30.6 Å². The molecule has 1 heterocycles. The van der Waals surface area contributed by atoms with Gasteiger partial charge in [0, 0.05) is 11.2 Å². The van der Waals surface area contributed by atoms with Gasteiger partial charge in [0.15, 0.2) is 0 Å². The largest absolute Gasteiger partial charge is 0.397 e. The zero-order valence-electron chi connectivity index (χ0n) is 10.5. The quantitative estimate of drug-likeness (QED) is 0.834. The van der Waals surface area contributed by atoms with Gasteiger partial charge in [-0.25, -0.2) is 4.39 Å². The van der Waals surface area contributed by atoms with E-state index in [2.05, 4.69) is 5.32 Å². The Morgan fingerprint density at radius 2 is 2.32 bits per heavy atom. The van der Waals surface area contributed by atoms with E-state index in [1.54, 1.807) is 23.9 Å². The van der Waals surface area contributed by atoms with Crippen molar-refractivity contribution in [1.82, 2.24) is 5.32 Å². The lowest BCUT2D eigenvalue weighted by Gasteiger charge is -2.03. The fourth-order valence-electron chi connectivity index (χ4n) is 1.80. The lowest BCUT2D eigenvalue weighted by Crippen LogP contribution is -2.24. The van der Waals surface area contributed by atoms with Gasteiger partial charge in [-0.3, -0.25) is 4.79 Å². The Labute approximate surface area is 119 Å². The predicted molar refractivity (Wildman–Crippen MR) is 81.5 cm³/mol. The van der Waals surface area contributed by atoms with Gasteiger partial charge in [-0.1, -0.05) is 6.07 Å². The summed E-state index contributed by atoms with van der Waals surface area (Å²) in [6, 6.07) is 4.74. The number of rotatable bonds is 5. The molecule has 0 atom stereocenters. The molecule has 3 nitrogen and oxygen atoms in total. The van der Waals surface area contributed by atoms with Gasteiger partial charge in [0.2, 0.25) is 0 Å². The topological polar surface area (TPSA) is 55.1 Å². The first-order valence-electron chi connectivity index (χ1n) is 5.88. The first-order valence-corrected chi connectivity index (χ1v) is 8.09. The molecule has 0 saturated heterocycles. The summed E-state index contributed by atoms with van der Waals surface area (Å²) in [7, 11) is 0. The van der Waals surface area contributed by atoms with E-state index >= 15 is 0 Å². The molecule has 1 aromatic heterocycles. The van der Waals surface area contributed by atoms with E-state index < -0.39 is 0 Å². The third-order valence-corrected chi connectivity index (χ3v) is 4.58. The Morgan fingerprint density at radius 3 is 3.00 bits per heavy atom. The second kappa shape index (κ2) is 6.25. The van der Waals surface area contributed by atoms with Crippen LogP contribution in [0.15, 0.2) is 18.2 Å². The van der Waals surface area contributed by atoms with Crippen LogP contribution in [0.25, 0.3) is 10.1 Å². The van der Waals surface area contributed by atoms with Crippen molar-refractivity contribution in [1.29, 1.82) is 0 Å². The van der Waals surface area contributed by atoms with E-state index in [-0.39, 0.29) is 17.4 Å². The molecule has 1 amide bonds. The van der Waals surface area contributed by atoms with Gasteiger partial charge in [0.1, 0.15) is 10.7 Å². The first kappa shape index (κ1) is 14.1.